The third kappa shape index (κ3) is 5.21. The van der Waals surface area contributed by atoms with Crippen molar-refractivity contribution in [1.29, 1.82) is 0 Å². The first kappa shape index (κ1) is 18.2. The number of nitrogens with zero attached hydrogens (tertiary/aromatic N) is 1. The molecular weight excluding hydrogens is 326 g/mol. The Morgan fingerprint density at radius 2 is 1.88 bits per heavy atom. The van der Waals surface area contributed by atoms with E-state index >= 15 is 0 Å². The van der Waals surface area contributed by atoms with E-state index in [1.165, 1.54) is 6.92 Å². The van der Waals surface area contributed by atoms with Crippen LogP contribution in [-0.2, 0) is 16.0 Å². The van der Waals surface area contributed by atoms with E-state index in [0.29, 0.717) is 18.0 Å². The molecule has 2 aromatic rings. The smallest absolute Gasteiger partial charge is 0.239 e. The molecule has 0 aliphatic carbocycles. The predicted molar refractivity (Wildman–Crippen MR) is 97.5 cm³/mol. The second-order valence-corrected chi connectivity index (χ2v) is 8.92. The van der Waals surface area contributed by atoms with Crippen molar-refractivity contribution >= 4 is 33.0 Å². The first-order valence-electron chi connectivity index (χ1n) is 7.62. The van der Waals surface area contributed by atoms with Crippen LogP contribution < -0.4 is 10.6 Å². The van der Waals surface area contributed by atoms with E-state index in [0.717, 1.165) is 16.5 Å². The highest BCUT2D eigenvalue weighted by atomic mass is 32.3. The summed E-state index contributed by atoms with van der Waals surface area (Å²) in [6.45, 7) is 1.85. The van der Waals surface area contributed by atoms with Crippen LogP contribution in [0.1, 0.15) is 12.5 Å². The number of fused-ring (bicyclic) bond motifs is 1. The summed E-state index contributed by atoms with van der Waals surface area (Å²) in [5.41, 5.74) is 1.89. The molecule has 0 radical (unpaired) electrons. The molecular formula is C17H23N3O3S. The summed E-state index contributed by atoms with van der Waals surface area (Å²) in [5, 5.41) is 6.94. The molecule has 0 saturated carbocycles. The third-order valence-electron chi connectivity index (χ3n) is 3.48. The number of aromatic nitrogens is 1. The Morgan fingerprint density at radius 1 is 1.17 bits per heavy atom. The lowest BCUT2D eigenvalue weighted by atomic mass is 10.1. The van der Waals surface area contributed by atoms with E-state index in [9.17, 15) is 14.1 Å². The van der Waals surface area contributed by atoms with Crippen LogP contribution in [0.25, 0.3) is 10.9 Å². The van der Waals surface area contributed by atoms with Crippen molar-refractivity contribution in [2.24, 2.45) is 0 Å². The second-order valence-electron chi connectivity index (χ2n) is 5.96. The van der Waals surface area contributed by atoms with Gasteiger partial charge < -0.3 is 15.2 Å². The van der Waals surface area contributed by atoms with Gasteiger partial charge in [-0.2, -0.15) is 0 Å². The maximum atomic E-state index is 11.5. The number of amides is 2. The Balaban J connectivity index is 2.00. The fourth-order valence-corrected chi connectivity index (χ4v) is 2.91. The number of rotatable bonds is 6. The van der Waals surface area contributed by atoms with Gasteiger partial charge in [0.05, 0.1) is 12.1 Å². The van der Waals surface area contributed by atoms with Crippen LogP contribution in [0.2, 0.25) is 0 Å². The molecule has 1 aromatic heterocycles. The van der Waals surface area contributed by atoms with Gasteiger partial charge >= 0.3 is 0 Å². The lowest BCUT2D eigenvalue weighted by molar-refractivity contribution is -0.125. The molecule has 2 amide bonds. The van der Waals surface area contributed by atoms with Crippen molar-refractivity contribution < 1.29 is 14.1 Å². The molecule has 7 heteroatoms. The van der Waals surface area contributed by atoms with Crippen LogP contribution in [0.15, 0.2) is 35.4 Å². The van der Waals surface area contributed by atoms with Gasteiger partial charge in [-0.05, 0) is 36.6 Å². The molecule has 0 bridgehead atoms. The molecule has 0 fully saturated rings. The Morgan fingerprint density at radius 3 is 2.54 bits per heavy atom. The van der Waals surface area contributed by atoms with Crippen molar-refractivity contribution in [2.75, 3.05) is 25.6 Å². The van der Waals surface area contributed by atoms with Crippen molar-refractivity contribution in [3.63, 3.8) is 0 Å². The van der Waals surface area contributed by atoms with Gasteiger partial charge in [0.1, 0.15) is 5.03 Å². The zero-order valence-electron chi connectivity index (χ0n) is 14.1. The summed E-state index contributed by atoms with van der Waals surface area (Å²) >= 11 is 0. The zero-order valence-corrected chi connectivity index (χ0v) is 14.9. The second kappa shape index (κ2) is 7.63. The van der Waals surface area contributed by atoms with Gasteiger partial charge in [-0.3, -0.25) is 9.59 Å². The maximum absolute atomic E-state index is 11.5. The zero-order chi connectivity index (χ0) is 17.7. The molecule has 0 spiro atoms. The number of nitrogens with one attached hydrogen (secondary N) is 2. The van der Waals surface area contributed by atoms with Gasteiger partial charge in [-0.15, -0.1) is 10.3 Å². The molecule has 0 atom stereocenters. The first-order valence-corrected chi connectivity index (χ1v) is 10.0. The van der Waals surface area contributed by atoms with E-state index in [4.69, 9.17) is 0 Å². The Labute approximate surface area is 143 Å². The SMILES string of the molecule is CC(=O)NCC(=O)NCCc1ccc2ccc(S(C)(C)O)nc2c1. The molecule has 2 rings (SSSR count). The number of benzene rings is 1. The molecule has 6 nitrogen and oxygen atoms in total. The maximum Gasteiger partial charge on any atom is 0.239 e. The van der Waals surface area contributed by atoms with Gasteiger partial charge in [0.25, 0.3) is 0 Å². The summed E-state index contributed by atoms with van der Waals surface area (Å²) in [5.74, 6) is -0.437. The highest BCUT2D eigenvalue weighted by Gasteiger charge is 2.12. The summed E-state index contributed by atoms with van der Waals surface area (Å²) in [4.78, 5) is 26.8. The van der Waals surface area contributed by atoms with Crippen molar-refractivity contribution in [3.05, 3.63) is 35.9 Å². The minimum Gasteiger partial charge on any atom is -0.354 e. The molecule has 0 aliphatic rings. The van der Waals surface area contributed by atoms with Crippen LogP contribution in [0.4, 0.5) is 0 Å². The van der Waals surface area contributed by atoms with Crippen molar-refractivity contribution in [3.8, 4) is 0 Å². The molecule has 3 N–H and O–H groups in total. The summed E-state index contributed by atoms with van der Waals surface area (Å²) in [6, 6.07) is 9.78. The van der Waals surface area contributed by atoms with E-state index in [2.05, 4.69) is 15.6 Å². The van der Waals surface area contributed by atoms with Gasteiger partial charge in [0, 0.05) is 18.9 Å². The number of pyridine rings is 1. The van der Waals surface area contributed by atoms with Gasteiger partial charge in [-0.1, -0.05) is 18.2 Å². The molecule has 130 valence electrons. The molecule has 0 saturated heterocycles. The fraction of sp³-hybridized carbons (Fsp3) is 0.353. The highest BCUT2D eigenvalue weighted by molar-refractivity contribution is 8.27. The van der Waals surface area contributed by atoms with Crippen molar-refractivity contribution in [1.82, 2.24) is 15.6 Å². The lowest BCUT2D eigenvalue weighted by Crippen LogP contribution is -2.36. The average molecular weight is 349 g/mol. The third-order valence-corrected chi connectivity index (χ3v) is 4.73. The van der Waals surface area contributed by atoms with E-state index < -0.39 is 10.3 Å². The van der Waals surface area contributed by atoms with Crippen LogP contribution in [0.5, 0.6) is 0 Å². The highest BCUT2D eigenvalue weighted by Crippen LogP contribution is 2.43. The lowest BCUT2D eigenvalue weighted by Gasteiger charge is -2.22. The molecule has 1 heterocycles. The van der Waals surface area contributed by atoms with E-state index in [-0.39, 0.29) is 18.4 Å². The molecule has 0 unspecified atom stereocenters. The number of hydrogen-bond donors (Lipinski definition) is 3. The number of carbonyl (C=O) groups is 2. The topological polar surface area (TPSA) is 91.3 Å². The predicted octanol–water partition coefficient (Wildman–Crippen LogP) is 1.93. The minimum absolute atomic E-state index is 0.00761. The largest absolute Gasteiger partial charge is 0.354 e. The molecule has 0 aliphatic heterocycles. The minimum atomic E-state index is -1.85. The average Bonchev–Trinajstić information content (AvgIpc) is 2.51. The van der Waals surface area contributed by atoms with Crippen LogP contribution in [0, 0.1) is 0 Å². The normalized spacial score (nSPS) is 12.0. The van der Waals surface area contributed by atoms with Crippen LogP contribution >= 0.6 is 10.3 Å². The van der Waals surface area contributed by atoms with Crippen molar-refractivity contribution in [2.45, 2.75) is 18.4 Å². The quantitative estimate of drug-likeness (QED) is 0.743. The summed E-state index contributed by atoms with van der Waals surface area (Å²) in [6.07, 6.45) is 4.24. The Kier molecular flexibility index (Phi) is 5.80. The number of carbonyl (C=O) groups excluding carboxylic acids is 2. The Hall–Kier alpha value is -2.12. The first-order chi connectivity index (χ1) is 11.3. The standard InChI is InChI=1S/C17H23N3O3S/c1-12(21)19-11-16(22)18-9-8-13-4-5-14-6-7-17(24(2,3)23)20-15(14)10-13/h4-7,10,23H,8-9,11H2,1-3H3,(H,18,22)(H,19,21). The van der Waals surface area contributed by atoms with E-state index in [1.54, 1.807) is 12.5 Å². The van der Waals surface area contributed by atoms with Crippen LogP contribution in [0.3, 0.4) is 0 Å². The van der Waals surface area contributed by atoms with Crippen LogP contribution in [-0.4, -0.2) is 47.0 Å². The van der Waals surface area contributed by atoms with E-state index in [1.807, 2.05) is 30.3 Å². The van der Waals surface area contributed by atoms with Gasteiger partial charge in [0.2, 0.25) is 11.8 Å². The van der Waals surface area contributed by atoms with Gasteiger partial charge in [-0.25, -0.2) is 4.98 Å². The van der Waals surface area contributed by atoms with Gasteiger partial charge in [0.15, 0.2) is 0 Å². The Bertz CT molecular complexity index is 756. The summed E-state index contributed by atoms with van der Waals surface area (Å²) in [7, 11) is -1.85. The summed E-state index contributed by atoms with van der Waals surface area (Å²) < 4.78 is 10.2. The molecule has 24 heavy (non-hydrogen) atoms. The molecule has 1 aromatic carbocycles. The monoisotopic (exact) mass is 349 g/mol. The fourth-order valence-electron chi connectivity index (χ4n) is 2.19. The number of hydrogen-bond acceptors (Lipinski definition) is 4.